The lowest BCUT2D eigenvalue weighted by Crippen LogP contribution is -2.09. The highest BCUT2D eigenvalue weighted by Crippen LogP contribution is 2.28. The van der Waals surface area contributed by atoms with Gasteiger partial charge in [-0.25, -0.2) is 9.97 Å². The molecule has 5 rings (SSSR count). The van der Waals surface area contributed by atoms with Crippen LogP contribution >= 0.6 is 11.5 Å². The van der Waals surface area contributed by atoms with Crippen LogP contribution in [0.4, 0.5) is 16.5 Å². The zero-order valence-corrected chi connectivity index (χ0v) is 18.2. The maximum absolute atomic E-state index is 4.66. The molecule has 31 heavy (non-hydrogen) atoms. The Balaban J connectivity index is 1.41. The normalized spacial score (nSPS) is 11.2. The van der Waals surface area contributed by atoms with Gasteiger partial charge in [-0.3, -0.25) is 14.5 Å². The van der Waals surface area contributed by atoms with E-state index in [1.165, 1.54) is 11.5 Å². The third-order valence-electron chi connectivity index (χ3n) is 4.89. The number of nitrogens with one attached hydrogen (secondary N) is 2. The second kappa shape index (κ2) is 7.80. The first-order valence-electron chi connectivity index (χ1n) is 9.75. The molecule has 0 aliphatic carbocycles. The van der Waals surface area contributed by atoms with Gasteiger partial charge in [0.05, 0.1) is 29.5 Å². The Hall–Kier alpha value is -3.79. The highest BCUT2D eigenvalue weighted by atomic mass is 32.1. The number of aromatic amines is 1. The van der Waals surface area contributed by atoms with E-state index >= 15 is 0 Å². The van der Waals surface area contributed by atoms with E-state index in [9.17, 15) is 0 Å². The molecule has 5 heterocycles. The fraction of sp³-hybridized carbons (Fsp3) is 0.190. The maximum atomic E-state index is 4.66. The van der Waals surface area contributed by atoms with Crippen LogP contribution in [0.2, 0.25) is 0 Å². The molecule has 0 aromatic carbocycles. The summed E-state index contributed by atoms with van der Waals surface area (Å²) in [6.45, 7) is 1.96. The zero-order valence-electron chi connectivity index (χ0n) is 17.4. The predicted molar refractivity (Wildman–Crippen MR) is 122 cm³/mol. The minimum absolute atomic E-state index is 0.671. The van der Waals surface area contributed by atoms with Crippen LogP contribution < -0.4 is 10.2 Å². The molecule has 5 aromatic rings. The Morgan fingerprint density at radius 2 is 2.06 bits per heavy atom. The van der Waals surface area contributed by atoms with Crippen molar-refractivity contribution in [3.63, 3.8) is 0 Å². The zero-order chi connectivity index (χ0) is 21.4. The van der Waals surface area contributed by atoms with Crippen molar-refractivity contribution in [2.75, 3.05) is 24.3 Å². The van der Waals surface area contributed by atoms with E-state index in [0.29, 0.717) is 12.2 Å². The molecule has 156 valence electrons. The van der Waals surface area contributed by atoms with Crippen molar-refractivity contribution in [3.8, 4) is 11.3 Å². The number of aromatic nitrogens is 7. The van der Waals surface area contributed by atoms with Gasteiger partial charge < -0.3 is 10.2 Å². The summed E-state index contributed by atoms with van der Waals surface area (Å²) in [5.74, 6) is 0.692. The number of anilines is 3. The molecule has 0 saturated heterocycles. The van der Waals surface area contributed by atoms with Gasteiger partial charge in [0.25, 0.3) is 0 Å². The van der Waals surface area contributed by atoms with Crippen molar-refractivity contribution in [1.82, 2.24) is 33.9 Å². The summed E-state index contributed by atoms with van der Waals surface area (Å²) in [6.07, 6.45) is 9.93. The van der Waals surface area contributed by atoms with Crippen LogP contribution in [0.15, 0.2) is 49.2 Å². The maximum Gasteiger partial charge on any atom is 0.180 e. The van der Waals surface area contributed by atoms with E-state index in [2.05, 4.69) is 45.8 Å². The number of imidazole rings is 1. The Morgan fingerprint density at radius 1 is 1.16 bits per heavy atom. The van der Waals surface area contributed by atoms with E-state index in [1.54, 1.807) is 6.20 Å². The molecule has 10 heteroatoms. The molecule has 0 bridgehead atoms. The van der Waals surface area contributed by atoms with Crippen molar-refractivity contribution in [3.05, 3.63) is 66.3 Å². The molecule has 0 radical (unpaired) electrons. The number of fused-ring (bicyclic) bond motifs is 1. The fourth-order valence-electron chi connectivity index (χ4n) is 3.39. The minimum atomic E-state index is 0.671. The Labute approximate surface area is 183 Å². The number of rotatable bonds is 6. The number of H-pyrrole nitrogens is 1. The number of nitrogens with zero attached hydrogens (tertiary/aromatic N) is 7. The van der Waals surface area contributed by atoms with Crippen molar-refractivity contribution in [1.29, 1.82) is 0 Å². The van der Waals surface area contributed by atoms with E-state index in [1.807, 2.05) is 62.3 Å². The Morgan fingerprint density at radius 3 is 2.87 bits per heavy atom. The molecular weight excluding hydrogens is 410 g/mol. The van der Waals surface area contributed by atoms with Crippen LogP contribution in [-0.2, 0) is 6.42 Å². The third kappa shape index (κ3) is 3.84. The molecule has 0 amide bonds. The monoisotopic (exact) mass is 431 g/mol. The standard InChI is InChI=1S/C21H21N9S/c1-13-12-30-18(14-9-24-25-10-14)11-23-21(30)20(26-13)27-19-8-16(28-31-19)6-15-7-17(29(2)3)4-5-22-15/h4-5,7-12H,6H2,1-3H3,(H,24,25)(H,26,27). The highest BCUT2D eigenvalue weighted by Gasteiger charge is 2.14. The Kier molecular flexibility index (Phi) is 4.83. The molecule has 0 fully saturated rings. The van der Waals surface area contributed by atoms with Gasteiger partial charge in [-0.05, 0) is 36.7 Å². The van der Waals surface area contributed by atoms with E-state index < -0.39 is 0 Å². The molecule has 0 atom stereocenters. The topological polar surface area (TPSA) is 99.9 Å². The molecule has 0 aliphatic heterocycles. The second-order valence-corrected chi connectivity index (χ2v) is 8.24. The van der Waals surface area contributed by atoms with Crippen LogP contribution in [0.5, 0.6) is 0 Å². The van der Waals surface area contributed by atoms with Gasteiger partial charge in [-0.15, -0.1) is 0 Å². The number of pyridine rings is 1. The van der Waals surface area contributed by atoms with Gasteiger partial charge in [0, 0.05) is 56.1 Å². The van der Waals surface area contributed by atoms with Crippen LogP contribution in [-0.4, -0.2) is 48.0 Å². The average molecular weight is 432 g/mol. The van der Waals surface area contributed by atoms with E-state index in [4.69, 9.17) is 0 Å². The van der Waals surface area contributed by atoms with Crippen LogP contribution in [0, 0.1) is 6.92 Å². The van der Waals surface area contributed by atoms with Crippen molar-refractivity contribution in [2.24, 2.45) is 0 Å². The molecule has 2 N–H and O–H groups in total. The first-order valence-corrected chi connectivity index (χ1v) is 10.5. The smallest absolute Gasteiger partial charge is 0.180 e. The Bertz CT molecular complexity index is 1330. The van der Waals surface area contributed by atoms with Gasteiger partial charge in [0.15, 0.2) is 11.5 Å². The fourth-order valence-corrected chi connectivity index (χ4v) is 4.06. The molecule has 9 nitrogen and oxygen atoms in total. The van der Waals surface area contributed by atoms with E-state index in [0.717, 1.165) is 44.7 Å². The van der Waals surface area contributed by atoms with Gasteiger partial charge in [0.2, 0.25) is 0 Å². The van der Waals surface area contributed by atoms with Crippen LogP contribution in [0.3, 0.4) is 0 Å². The van der Waals surface area contributed by atoms with Crippen LogP contribution in [0.25, 0.3) is 16.9 Å². The molecule has 0 aliphatic rings. The summed E-state index contributed by atoms with van der Waals surface area (Å²) in [7, 11) is 4.04. The summed E-state index contributed by atoms with van der Waals surface area (Å²) in [6, 6.07) is 6.11. The molecule has 5 aromatic heterocycles. The minimum Gasteiger partial charge on any atom is -0.378 e. The second-order valence-electron chi connectivity index (χ2n) is 7.44. The number of aryl methyl sites for hydroxylation is 1. The van der Waals surface area contributed by atoms with Crippen molar-refractivity contribution >= 4 is 33.7 Å². The van der Waals surface area contributed by atoms with Crippen molar-refractivity contribution < 1.29 is 0 Å². The number of hydrogen-bond acceptors (Lipinski definition) is 8. The lowest BCUT2D eigenvalue weighted by atomic mass is 10.2. The molecule has 0 spiro atoms. The lowest BCUT2D eigenvalue weighted by Gasteiger charge is -2.12. The largest absolute Gasteiger partial charge is 0.378 e. The first kappa shape index (κ1) is 19.2. The van der Waals surface area contributed by atoms with Gasteiger partial charge in [-0.2, -0.15) is 9.47 Å². The summed E-state index contributed by atoms with van der Waals surface area (Å²) < 4.78 is 6.61. The SMILES string of the molecule is Cc1cn2c(-c3cn[nH]c3)cnc2c(Nc2cc(Cc3cc(N(C)C)ccn3)ns2)n1. The van der Waals surface area contributed by atoms with E-state index in [-0.39, 0.29) is 0 Å². The third-order valence-corrected chi connectivity index (χ3v) is 5.63. The first-order chi connectivity index (χ1) is 15.1. The summed E-state index contributed by atoms with van der Waals surface area (Å²) in [5.41, 5.74) is 6.62. The van der Waals surface area contributed by atoms with Gasteiger partial charge in [-0.1, -0.05) is 0 Å². The van der Waals surface area contributed by atoms with Crippen LogP contribution in [0.1, 0.15) is 17.1 Å². The quantitative estimate of drug-likeness (QED) is 0.423. The summed E-state index contributed by atoms with van der Waals surface area (Å²) >= 11 is 1.40. The molecular formula is C21H21N9S. The summed E-state index contributed by atoms with van der Waals surface area (Å²) in [4.78, 5) is 15.8. The summed E-state index contributed by atoms with van der Waals surface area (Å²) in [5, 5.41) is 11.2. The van der Waals surface area contributed by atoms with Gasteiger partial charge >= 0.3 is 0 Å². The molecule has 0 saturated carbocycles. The number of hydrogen-bond donors (Lipinski definition) is 2. The average Bonchev–Trinajstić information content (AvgIpc) is 3.49. The highest BCUT2D eigenvalue weighted by molar-refractivity contribution is 7.10. The van der Waals surface area contributed by atoms with Gasteiger partial charge in [0.1, 0.15) is 5.00 Å². The lowest BCUT2D eigenvalue weighted by molar-refractivity contribution is 1.03. The molecule has 0 unspecified atom stereocenters. The predicted octanol–water partition coefficient (Wildman–Crippen LogP) is 3.68. The van der Waals surface area contributed by atoms with Crippen molar-refractivity contribution in [2.45, 2.75) is 13.3 Å².